The number of benzene rings is 1. The number of carboxylic acids is 1. The van der Waals surface area contributed by atoms with Gasteiger partial charge in [-0.15, -0.1) is 0 Å². The molecule has 0 bridgehead atoms. The summed E-state index contributed by atoms with van der Waals surface area (Å²) in [6.07, 6.45) is 0. The van der Waals surface area contributed by atoms with Gasteiger partial charge in [-0.1, -0.05) is 12.1 Å². The van der Waals surface area contributed by atoms with E-state index in [1.54, 1.807) is 36.0 Å². The third kappa shape index (κ3) is 3.38. The fourth-order valence-corrected chi connectivity index (χ4v) is 2.34. The summed E-state index contributed by atoms with van der Waals surface area (Å²) in [5, 5.41) is 9.53. The molecule has 0 spiro atoms. The van der Waals surface area contributed by atoms with Crippen molar-refractivity contribution >= 4 is 17.7 Å². The lowest BCUT2D eigenvalue weighted by atomic mass is 10.2. The first-order valence-electron chi connectivity index (χ1n) is 5.42. The highest BCUT2D eigenvalue weighted by Gasteiger charge is 2.18. The molecule has 4 nitrogen and oxygen atoms in total. The Labute approximate surface area is 104 Å². The van der Waals surface area contributed by atoms with Gasteiger partial charge in [0.2, 0.25) is 0 Å². The maximum Gasteiger partial charge on any atom is 0.339 e. The fraction of sp³-hybridized carbons (Fsp3) is 0.417. The van der Waals surface area contributed by atoms with Crippen molar-refractivity contribution in [2.24, 2.45) is 0 Å². The van der Waals surface area contributed by atoms with Gasteiger partial charge >= 0.3 is 5.97 Å². The van der Waals surface area contributed by atoms with E-state index in [4.69, 9.17) is 14.6 Å². The molecule has 0 aliphatic carbocycles. The Kier molecular flexibility index (Phi) is 4.28. The van der Waals surface area contributed by atoms with Crippen molar-refractivity contribution in [1.29, 1.82) is 0 Å². The number of thioether (sulfide) groups is 1. The quantitative estimate of drug-likeness (QED) is 0.786. The molecule has 1 N–H and O–H groups in total. The van der Waals surface area contributed by atoms with Crippen LogP contribution in [-0.2, 0) is 4.74 Å². The number of carbonyl (C=O) groups is 1. The topological polar surface area (TPSA) is 55.8 Å². The summed E-state index contributed by atoms with van der Waals surface area (Å²) < 4.78 is 10.5. The molecule has 5 heteroatoms. The van der Waals surface area contributed by atoms with Crippen molar-refractivity contribution in [1.82, 2.24) is 0 Å². The third-order valence-electron chi connectivity index (χ3n) is 2.42. The Morgan fingerprint density at radius 1 is 1.47 bits per heavy atom. The van der Waals surface area contributed by atoms with E-state index in [0.29, 0.717) is 17.6 Å². The van der Waals surface area contributed by atoms with Gasteiger partial charge in [-0.3, -0.25) is 0 Å². The van der Waals surface area contributed by atoms with Gasteiger partial charge in [-0.2, -0.15) is 11.8 Å². The third-order valence-corrected chi connectivity index (χ3v) is 3.57. The van der Waals surface area contributed by atoms with Crippen molar-refractivity contribution in [3.05, 3.63) is 29.8 Å². The second kappa shape index (κ2) is 5.93. The molecule has 1 aromatic rings. The zero-order chi connectivity index (χ0) is 12.1. The highest BCUT2D eigenvalue weighted by atomic mass is 32.2. The van der Waals surface area contributed by atoms with Crippen LogP contribution in [0.3, 0.4) is 0 Å². The summed E-state index contributed by atoms with van der Waals surface area (Å²) in [6.45, 7) is 2.15. The zero-order valence-electron chi connectivity index (χ0n) is 9.30. The number of rotatable bonds is 6. The first-order chi connectivity index (χ1) is 8.27. The van der Waals surface area contributed by atoms with Crippen LogP contribution in [0.4, 0.5) is 0 Å². The lowest BCUT2D eigenvalue weighted by molar-refractivity contribution is 0.0454. The first kappa shape index (κ1) is 12.3. The Hall–Kier alpha value is -1.20. The summed E-state index contributed by atoms with van der Waals surface area (Å²) >= 11 is 1.80. The minimum atomic E-state index is -0.958. The van der Waals surface area contributed by atoms with Gasteiger partial charge in [0.15, 0.2) is 0 Å². The maximum atomic E-state index is 10.9. The molecular formula is C12H14O4S. The van der Waals surface area contributed by atoms with E-state index in [0.717, 1.165) is 19.0 Å². The Morgan fingerprint density at radius 3 is 2.88 bits per heavy atom. The van der Waals surface area contributed by atoms with E-state index in [1.165, 1.54) is 0 Å². The number of aromatic carboxylic acids is 1. The highest BCUT2D eigenvalue weighted by molar-refractivity contribution is 8.00. The molecule has 0 aromatic heterocycles. The number of hydrogen-bond acceptors (Lipinski definition) is 4. The van der Waals surface area contributed by atoms with Crippen molar-refractivity contribution in [3.63, 3.8) is 0 Å². The molecule has 0 radical (unpaired) electrons. The largest absolute Gasteiger partial charge is 0.492 e. The lowest BCUT2D eigenvalue weighted by Gasteiger charge is -2.25. The Balaban J connectivity index is 1.79. The first-order valence-corrected chi connectivity index (χ1v) is 6.46. The molecule has 0 amide bonds. The molecular weight excluding hydrogens is 240 g/mol. The van der Waals surface area contributed by atoms with E-state index in [-0.39, 0.29) is 5.56 Å². The standard InChI is InChI=1S/C12H14O4S/c13-12(14)10-3-1-2-4-11(10)16-5-6-17-9-7-15-8-9/h1-4,9H,5-8H2,(H,13,14). The number of carboxylic acid groups (broad SMARTS) is 1. The minimum Gasteiger partial charge on any atom is -0.492 e. The molecule has 1 heterocycles. The summed E-state index contributed by atoms with van der Waals surface area (Å²) in [7, 11) is 0. The highest BCUT2D eigenvalue weighted by Crippen LogP contribution is 2.21. The van der Waals surface area contributed by atoms with Crippen molar-refractivity contribution in [2.45, 2.75) is 5.25 Å². The smallest absolute Gasteiger partial charge is 0.339 e. The normalized spacial score (nSPS) is 15.3. The molecule has 1 aromatic carbocycles. The van der Waals surface area contributed by atoms with Crippen LogP contribution in [0.25, 0.3) is 0 Å². The summed E-state index contributed by atoms with van der Waals surface area (Å²) in [6, 6.07) is 6.69. The number of ether oxygens (including phenoxy) is 2. The molecule has 2 rings (SSSR count). The predicted octanol–water partition coefficient (Wildman–Crippen LogP) is 1.90. The van der Waals surface area contributed by atoms with E-state index < -0.39 is 5.97 Å². The van der Waals surface area contributed by atoms with Crippen LogP contribution < -0.4 is 4.74 Å². The van der Waals surface area contributed by atoms with Crippen molar-refractivity contribution in [2.75, 3.05) is 25.6 Å². The minimum absolute atomic E-state index is 0.212. The monoisotopic (exact) mass is 254 g/mol. The van der Waals surface area contributed by atoms with Gasteiger partial charge in [0.25, 0.3) is 0 Å². The second-order valence-electron chi connectivity index (χ2n) is 3.68. The van der Waals surface area contributed by atoms with Gasteiger partial charge in [-0.05, 0) is 12.1 Å². The average Bonchev–Trinajstić information content (AvgIpc) is 2.26. The van der Waals surface area contributed by atoms with E-state index in [2.05, 4.69) is 0 Å². The van der Waals surface area contributed by atoms with Crippen LogP contribution >= 0.6 is 11.8 Å². The predicted molar refractivity (Wildman–Crippen MR) is 66.0 cm³/mol. The van der Waals surface area contributed by atoms with Crippen LogP contribution in [0.5, 0.6) is 5.75 Å². The van der Waals surface area contributed by atoms with Crippen LogP contribution in [0, 0.1) is 0 Å². The molecule has 1 aliphatic heterocycles. The molecule has 0 saturated carbocycles. The summed E-state index contributed by atoms with van der Waals surface area (Å²) in [5.74, 6) is 0.327. The number of para-hydroxylation sites is 1. The number of hydrogen-bond donors (Lipinski definition) is 1. The van der Waals surface area contributed by atoms with Gasteiger partial charge in [-0.25, -0.2) is 4.79 Å². The molecule has 17 heavy (non-hydrogen) atoms. The molecule has 1 aliphatic rings. The second-order valence-corrected chi connectivity index (χ2v) is 5.09. The lowest BCUT2D eigenvalue weighted by Crippen LogP contribution is -2.31. The molecule has 1 saturated heterocycles. The molecule has 92 valence electrons. The van der Waals surface area contributed by atoms with E-state index >= 15 is 0 Å². The van der Waals surface area contributed by atoms with Crippen molar-refractivity contribution < 1.29 is 19.4 Å². The Bertz CT molecular complexity index is 390. The van der Waals surface area contributed by atoms with Crippen molar-refractivity contribution in [3.8, 4) is 5.75 Å². The van der Waals surface area contributed by atoms with Crippen LogP contribution in [0.15, 0.2) is 24.3 Å². The fourth-order valence-electron chi connectivity index (χ4n) is 1.45. The molecule has 0 unspecified atom stereocenters. The maximum absolute atomic E-state index is 10.9. The van der Waals surface area contributed by atoms with Crippen LogP contribution in [0.1, 0.15) is 10.4 Å². The summed E-state index contributed by atoms with van der Waals surface area (Å²) in [4.78, 5) is 10.9. The van der Waals surface area contributed by atoms with Gasteiger partial charge in [0, 0.05) is 5.75 Å². The SMILES string of the molecule is O=C(O)c1ccccc1OCCSC1COC1. The van der Waals surface area contributed by atoms with E-state index in [1.807, 2.05) is 0 Å². The summed E-state index contributed by atoms with van der Waals surface area (Å²) in [5.41, 5.74) is 0.212. The molecule has 0 atom stereocenters. The van der Waals surface area contributed by atoms with E-state index in [9.17, 15) is 4.79 Å². The van der Waals surface area contributed by atoms with Crippen LogP contribution in [-0.4, -0.2) is 41.9 Å². The van der Waals surface area contributed by atoms with Gasteiger partial charge < -0.3 is 14.6 Å². The molecule has 1 fully saturated rings. The zero-order valence-corrected chi connectivity index (χ0v) is 10.1. The van der Waals surface area contributed by atoms with Crippen LogP contribution in [0.2, 0.25) is 0 Å². The van der Waals surface area contributed by atoms with Gasteiger partial charge in [0.05, 0.1) is 25.1 Å². The Morgan fingerprint density at radius 2 is 2.24 bits per heavy atom. The average molecular weight is 254 g/mol. The van der Waals surface area contributed by atoms with Gasteiger partial charge in [0.1, 0.15) is 11.3 Å².